The molecule has 0 amide bonds. The number of halogens is 1. The first kappa shape index (κ1) is 11.0. The number of benzene rings is 1. The maximum Gasteiger partial charge on any atom is 0.222 e. The third-order valence-electron chi connectivity index (χ3n) is 2.06. The van der Waals surface area contributed by atoms with E-state index >= 15 is 0 Å². The standard InChI is InChI=1S/C12H11BrN2O/c1-8-5-10(14)7-15-12(8)16-11-4-2-3-9(13)6-11/h2-7H,14H2,1H3. The van der Waals surface area contributed by atoms with Crippen LogP contribution in [0.15, 0.2) is 41.0 Å². The van der Waals surface area contributed by atoms with Crippen molar-refractivity contribution in [2.24, 2.45) is 0 Å². The van der Waals surface area contributed by atoms with E-state index in [9.17, 15) is 0 Å². The Morgan fingerprint density at radius 3 is 2.81 bits per heavy atom. The normalized spacial score (nSPS) is 10.1. The van der Waals surface area contributed by atoms with E-state index in [1.807, 2.05) is 37.3 Å². The molecule has 16 heavy (non-hydrogen) atoms. The monoisotopic (exact) mass is 278 g/mol. The molecule has 0 radical (unpaired) electrons. The number of pyridine rings is 1. The first-order chi connectivity index (χ1) is 7.65. The first-order valence-electron chi connectivity index (χ1n) is 4.81. The summed E-state index contributed by atoms with van der Waals surface area (Å²) in [5, 5.41) is 0. The van der Waals surface area contributed by atoms with E-state index in [1.54, 1.807) is 6.20 Å². The largest absolute Gasteiger partial charge is 0.439 e. The Hall–Kier alpha value is -1.55. The molecule has 4 heteroatoms. The van der Waals surface area contributed by atoms with Crippen LogP contribution in [0.4, 0.5) is 5.69 Å². The smallest absolute Gasteiger partial charge is 0.222 e. The molecule has 2 aromatic rings. The lowest BCUT2D eigenvalue weighted by atomic mass is 10.3. The van der Waals surface area contributed by atoms with Gasteiger partial charge in [-0.15, -0.1) is 0 Å². The minimum absolute atomic E-state index is 0.576. The molecule has 0 unspecified atom stereocenters. The van der Waals surface area contributed by atoms with E-state index in [-0.39, 0.29) is 0 Å². The van der Waals surface area contributed by atoms with Gasteiger partial charge in [-0.1, -0.05) is 22.0 Å². The number of aryl methyl sites for hydroxylation is 1. The van der Waals surface area contributed by atoms with E-state index in [0.717, 1.165) is 15.8 Å². The maximum absolute atomic E-state index is 5.65. The predicted octanol–water partition coefficient (Wildman–Crippen LogP) is 3.53. The maximum atomic E-state index is 5.65. The molecule has 1 aromatic heterocycles. The molecule has 0 fully saturated rings. The van der Waals surface area contributed by atoms with Crippen LogP contribution < -0.4 is 10.5 Å². The summed E-state index contributed by atoms with van der Waals surface area (Å²) in [5.41, 5.74) is 7.17. The molecule has 0 aliphatic carbocycles. The molecule has 2 N–H and O–H groups in total. The number of hydrogen-bond acceptors (Lipinski definition) is 3. The summed E-state index contributed by atoms with van der Waals surface area (Å²) >= 11 is 3.39. The van der Waals surface area contributed by atoms with E-state index in [2.05, 4.69) is 20.9 Å². The Bertz CT molecular complexity index is 514. The molecule has 3 nitrogen and oxygen atoms in total. The second kappa shape index (κ2) is 4.53. The Morgan fingerprint density at radius 1 is 1.31 bits per heavy atom. The molecule has 1 heterocycles. The van der Waals surface area contributed by atoms with Crippen LogP contribution in [0.1, 0.15) is 5.56 Å². The van der Waals surface area contributed by atoms with Crippen molar-refractivity contribution in [3.05, 3.63) is 46.6 Å². The van der Waals surface area contributed by atoms with Gasteiger partial charge >= 0.3 is 0 Å². The zero-order valence-corrected chi connectivity index (χ0v) is 10.4. The lowest BCUT2D eigenvalue weighted by Gasteiger charge is -2.07. The summed E-state index contributed by atoms with van der Waals surface area (Å²) in [5.74, 6) is 1.32. The van der Waals surface area contributed by atoms with Crippen LogP contribution in [0.25, 0.3) is 0 Å². The van der Waals surface area contributed by atoms with Crippen LogP contribution in [0.5, 0.6) is 11.6 Å². The lowest BCUT2D eigenvalue weighted by molar-refractivity contribution is 0.459. The van der Waals surface area contributed by atoms with Crippen LogP contribution in [-0.2, 0) is 0 Å². The second-order valence-electron chi connectivity index (χ2n) is 3.45. The Labute approximate surface area is 102 Å². The SMILES string of the molecule is Cc1cc(N)cnc1Oc1cccc(Br)c1. The molecule has 0 atom stereocenters. The number of nitrogens with zero attached hydrogens (tertiary/aromatic N) is 1. The summed E-state index contributed by atoms with van der Waals surface area (Å²) in [6, 6.07) is 9.45. The van der Waals surface area contributed by atoms with Gasteiger partial charge in [-0.2, -0.15) is 0 Å². The van der Waals surface area contributed by atoms with Gasteiger partial charge in [0.05, 0.1) is 11.9 Å². The predicted molar refractivity (Wildman–Crippen MR) is 67.6 cm³/mol. The van der Waals surface area contributed by atoms with Gasteiger partial charge in [-0.05, 0) is 31.2 Å². The van der Waals surface area contributed by atoms with Crippen molar-refractivity contribution in [1.29, 1.82) is 0 Å². The molecule has 82 valence electrons. The van der Waals surface area contributed by atoms with Crippen LogP contribution in [-0.4, -0.2) is 4.98 Å². The lowest BCUT2D eigenvalue weighted by Crippen LogP contribution is -1.94. The summed E-state index contributed by atoms with van der Waals surface area (Å²) in [6.45, 7) is 1.91. The Morgan fingerprint density at radius 2 is 2.12 bits per heavy atom. The van der Waals surface area contributed by atoms with E-state index < -0.39 is 0 Å². The van der Waals surface area contributed by atoms with E-state index in [0.29, 0.717) is 11.6 Å². The van der Waals surface area contributed by atoms with Gasteiger partial charge in [-0.3, -0.25) is 0 Å². The van der Waals surface area contributed by atoms with E-state index in [4.69, 9.17) is 10.5 Å². The van der Waals surface area contributed by atoms with Gasteiger partial charge < -0.3 is 10.5 Å². The minimum Gasteiger partial charge on any atom is -0.439 e. The summed E-state index contributed by atoms with van der Waals surface area (Å²) in [7, 11) is 0. The minimum atomic E-state index is 0.576. The zero-order chi connectivity index (χ0) is 11.5. The molecular formula is C12H11BrN2O. The number of anilines is 1. The van der Waals surface area contributed by atoms with Crippen LogP contribution in [0.3, 0.4) is 0 Å². The van der Waals surface area contributed by atoms with Crippen molar-refractivity contribution in [2.75, 3.05) is 5.73 Å². The molecule has 2 rings (SSSR count). The highest BCUT2D eigenvalue weighted by Crippen LogP contribution is 2.25. The Balaban J connectivity index is 2.27. The number of aromatic nitrogens is 1. The topological polar surface area (TPSA) is 48.1 Å². The van der Waals surface area contributed by atoms with Gasteiger partial charge in [0.15, 0.2) is 0 Å². The molecule has 0 saturated heterocycles. The van der Waals surface area contributed by atoms with Crippen molar-refractivity contribution in [3.8, 4) is 11.6 Å². The highest BCUT2D eigenvalue weighted by molar-refractivity contribution is 9.10. The molecule has 0 aliphatic heterocycles. The molecule has 0 saturated carbocycles. The highest BCUT2D eigenvalue weighted by Gasteiger charge is 2.03. The number of ether oxygens (including phenoxy) is 1. The summed E-state index contributed by atoms with van der Waals surface area (Å²) in [6.07, 6.45) is 1.58. The average molecular weight is 279 g/mol. The first-order valence-corrected chi connectivity index (χ1v) is 5.60. The number of hydrogen-bond donors (Lipinski definition) is 1. The fourth-order valence-electron chi connectivity index (χ4n) is 1.33. The summed E-state index contributed by atoms with van der Waals surface area (Å²) in [4.78, 5) is 4.14. The Kier molecular flexibility index (Phi) is 3.10. The van der Waals surface area contributed by atoms with Crippen LogP contribution in [0.2, 0.25) is 0 Å². The number of nitrogen functional groups attached to an aromatic ring is 1. The van der Waals surface area contributed by atoms with Crippen molar-refractivity contribution in [2.45, 2.75) is 6.92 Å². The fraction of sp³-hybridized carbons (Fsp3) is 0.0833. The van der Waals surface area contributed by atoms with Crippen LogP contribution >= 0.6 is 15.9 Å². The van der Waals surface area contributed by atoms with Crippen molar-refractivity contribution in [1.82, 2.24) is 4.98 Å². The average Bonchev–Trinajstić information content (AvgIpc) is 2.22. The van der Waals surface area contributed by atoms with Gasteiger partial charge in [0.25, 0.3) is 0 Å². The molecule has 0 spiro atoms. The third kappa shape index (κ3) is 2.52. The van der Waals surface area contributed by atoms with Gasteiger partial charge in [0.1, 0.15) is 5.75 Å². The second-order valence-corrected chi connectivity index (χ2v) is 4.37. The fourth-order valence-corrected chi connectivity index (χ4v) is 1.71. The molecule has 0 bridgehead atoms. The number of rotatable bonds is 2. The highest BCUT2D eigenvalue weighted by atomic mass is 79.9. The molecule has 0 aliphatic rings. The van der Waals surface area contributed by atoms with Crippen molar-refractivity contribution < 1.29 is 4.74 Å². The van der Waals surface area contributed by atoms with Crippen LogP contribution in [0, 0.1) is 6.92 Å². The van der Waals surface area contributed by atoms with Gasteiger partial charge in [0.2, 0.25) is 5.88 Å². The zero-order valence-electron chi connectivity index (χ0n) is 8.77. The van der Waals surface area contributed by atoms with Crippen molar-refractivity contribution in [3.63, 3.8) is 0 Å². The third-order valence-corrected chi connectivity index (χ3v) is 2.56. The van der Waals surface area contributed by atoms with E-state index in [1.165, 1.54) is 0 Å². The van der Waals surface area contributed by atoms with Gasteiger partial charge in [0, 0.05) is 10.0 Å². The van der Waals surface area contributed by atoms with Gasteiger partial charge in [-0.25, -0.2) is 4.98 Å². The molecular weight excluding hydrogens is 268 g/mol. The van der Waals surface area contributed by atoms with Crippen molar-refractivity contribution >= 4 is 21.6 Å². The number of nitrogens with two attached hydrogens (primary N) is 1. The summed E-state index contributed by atoms with van der Waals surface area (Å²) < 4.78 is 6.62. The quantitative estimate of drug-likeness (QED) is 0.914. The molecule has 1 aromatic carbocycles.